The molecule has 0 bridgehead atoms. The van der Waals surface area contributed by atoms with E-state index in [2.05, 4.69) is 0 Å². The summed E-state index contributed by atoms with van der Waals surface area (Å²) in [6.45, 7) is 4.31. The monoisotopic (exact) mass is 585 g/mol. The lowest BCUT2D eigenvalue weighted by Gasteiger charge is -2.29. The normalized spacial score (nSPS) is 12.0. The first kappa shape index (κ1) is 29.1. The van der Waals surface area contributed by atoms with Crippen molar-refractivity contribution in [3.63, 3.8) is 0 Å². The van der Waals surface area contributed by atoms with Crippen LogP contribution in [0.15, 0.2) is 97.1 Å². The number of hydrogen-bond donors (Lipinski definition) is 1. The molecule has 8 heteroatoms. The Morgan fingerprint density at radius 2 is 1.57 bits per heavy atom. The second-order valence-corrected chi connectivity index (χ2v) is 13.4. The van der Waals surface area contributed by atoms with Crippen molar-refractivity contribution in [1.82, 2.24) is 4.57 Å². The summed E-state index contributed by atoms with van der Waals surface area (Å²) in [5, 5.41) is 10.3. The zero-order chi connectivity index (χ0) is 30.1. The third kappa shape index (κ3) is 6.09. The molecule has 1 aromatic heterocycles. The largest absolute Gasteiger partial charge is 0.488 e. The summed E-state index contributed by atoms with van der Waals surface area (Å²) in [5.74, 6) is -0.810. The highest BCUT2D eigenvalue weighted by Gasteiger charge is 2.34. The van der Waals surface area contributed by atoms with Crippen molar-refractivity contribution in [1.29, 1.82) is 0 Å². The fourth-order valence-electron chi connectivity index (χ4n) is 5.28. The number of carboxylic acid groups (broad SMARTS) is 1. The van der Waals surface area contributed by atoms with Gasteiger partial charge in [-0.2, -0.15) is 0 Å². The van der Waals surface area contributed by atoms with Gasteiger partial charge in [-0.3, -0.25) is 0 Å². The van der Waals surface area contributed by atoms with Gasteiger partial charge in [0.2, 0.25) is 0 Å². The van der Waals surface area contributed by atoms with Crippen LogP contribution in [0.5, 0.6) is 5.75 Å². The van der Waals surface area contributed by atoms with Crippen LogP contribution in [0.3, 0.4) is 0 Å². The molecule has 0 aliphatic heterocycles. The predicted octanol–water partition coefficient (Wildman–Crippen LogP) is 7.43. The molecule has 5 aromatic rings. The second-order valence-electron chi connectivity index (χ2n) is 11.1. The summed E-state index contributed by atoms with van der Waals surface area (Å²) in [6, 6.07) is 28.4. The summed E-state index contributed by atoms with van der Waals surface area (Å²) < 4.78 is 47.1. The van der Waals surface area contributed by atoms with Crippen LogP contribution in [0.4, 0.5) is 4.39 Å². The third-order valence-electron chi connectivity index (χ3n) is 7.44. The second kappa shape index (κ2) is 11.4. The van der Waals surface area contributed by atoms with Gasteiger partial charge in [-0.15, -0.1) is 0 Å². The first-order chi connectivity index (χ1) is 19.9. The van der Waals surface area contributed by atoms with Gasteiger partial charge >= 0.3 is 5.97 Å². The highest BCUT2D eigenvalue weighted by molar-refractivity contribution is 7.90. The zero-order valence-corrected chi connectivity index (χ0v) is 24.5. The lowest BCUT2D eigenvalue weighted by molar-refractivity contribution is 0.0697. The molecule has 6 nitrogen and oxygen atoms in total. The molecule has 216 valence electrons. The quantitative estimate of drug-likeness (QED) is 0.184. The van der Waals surface area contributed by atoms with Crippen molar-refractivity contribution >= 4 is 26.7 Å². The van der Waals surface area contributed by atoms with Crippen LogP contribution < -0.4 is 4.74 Å². The number of carbonyl (C=O) groups is 1. The van der Waals surface area contributed by atoms with Crippen molar-refractivity contribution in [2.24, 2.45) is 0 Å². The number of sulfone groups is 1. The SMILES string of the molecule is CC(C)(CCS(C)(=O)=O)c1c(-c2ccc(C(=O)O)cc2)c2c(OCc3ccccc3)cccc2n1-c1ccc(F)cc1. The Labute approximate surface area is 244 Å². The number of halogens is 1. The Kier molecular flexibility index (Phi) is 7.93. The number of carboxylic acids is 1. The standard InChI is InChI=1S/C34H32FNO5S/c1-34(2,20-21-42(3,39)40)32-30(24-12-14-25(15-13-24)33(37)38)31-28(36(32)27-18-16-26(35)17-19-27)10-7-11-29(31)41-22-23-8-5-4-6-9-23/h4-19H,20-22H2,1-3H3,(H,37,38). The number of hydrogen-bond acceptors (Lipinski definition) is 4. The lowest BCUT2D eigenvalue weighted by Crippen LogP contribution is -2.25. The summed E-state index contributed by atoms with van der Waals surface area (Å²) in [7, 11) is -3.27. The van der Waals surface area contributed by atoms with E-state index in [9.17, 15) is 22.7 Å². The molecule has 0 fully saturated rings. The molecule has 4 aromatic carbocycles. The summed E-state index contributed by atoms with van der Waals surface area (Å²) in [5.41, 5.74) is 4.33. The molecule has 0 aliphatic rings. The Morgan fingerprint density at radius 1 is 0.905 bits per heavy atom. The predicted molar refractivity (Wildman–Crippen MR) is 164 cm³/mol. The molecule has 0 aliphatic carbocycles. The maximum Gasteiger partial charge on any atom is 0.335 e. The van der Waals surface area contributed by atoms with Gasteiger partial charge in [0.15, 0.2) is 0 Å². The lowest BCUT2D eigenvalue weighted by atomic mass is 9.81. The number of ether oxygens (including phenoxy) is 1. The molecule has 1 heterocycles. The molecule has 0 saturated heterocycles. The minimum absolute atomic E-state index is 0.0281. The Hall–Kier alpha value is -4.43. The van der Waals surface area contributed by atoms with Crippen molar-refractivity contribution in [2.75, 3.05) is 12.0 Å². The van der Waals surface area contributed by atoms with E-state index in [0.29, 0.717) is 24.5 Å². The number of aromatic nitrogens is 1. The molecule has 0 saturated carbocycles. The van der Waals surface area contributed by atoms with Gasteiger partial charge in [0.25, 0.3) is 0 Å². The third-order valence-corrected chi connectivity index (χ3v) is 8.38. The van der Waals surface area contributed by atoms with E-state index in [1.54, 1.807) is 36.4 Å². The average molecular weight is 586 g/mol. The van der Waals surface area contributed by atoms with Crippen molar-refractivity contribution < 1.29 is 27.4 Å². The van der Waals surface area contributed by atoms with Crippen LogP contribution in [0.2, 0.25) is 0 Å². The zero-order valence-electron chi connectivity index (χ0n) is 23.7. The molecule has 0 unspecified atom stereocenters. The maximum atomic E-state index is 14.1. The van der Waals surface area contributed by atoms with E-state index in [-0.39, 0.29) is 17.1 Å². The first-order valence-electron chi connectivity index (χ1n) is 13.6. The summed E-state index contributed by atoms with van der Waals surface area (Å²) >= 11 is 0. The van der Waals surface area contributed by atoms with Crippen molar-refractivity contribution in [2.45, 2.75) is 32.3 Å². The highest BCUT2D eigenvalue weighted by Crippen LogP contribution is 2.47. The van der Waals surface area contributed by atoms with Crippen LogP contribution >= 0.6 is 0 Å². The molecular formula is C34H32FNO5S. The molecule has 1 N–H and O–H groups in total. The summed E-state index contributed by atoms with van der Waals surface area (Å²) in [6.07, 6.45) is 1.55. The minimum atomic E-state index is -3.27. The number of benzene rings is 4. The Bertz CT molecular complexity index is 1840. The maximum absolute atomic E-state index is 14.1. The molecule has 42 heavy (non-hydrogen) atoms. The van der Waals surface area contributed by atoms with Gasteiger partial charge in [0.1, 0.15) is 28.0 Å². The number of aromatic carboxylic acids is 1. The van der Waals surface area contributed by atoms with Crippen LogP contribution in [0.25, 0.3) is 27.7 Å². The number of nitrogens with zero attached hydrogens (tertiary/aromatic N) is 1. The first-order valence-corrected chi connectivity index (χ1v) is 15.6. The van der Waals surface area contributed by atoms with Gasteiger partial charge in [-0.05, 0) is 66.1 Å². The van der Waals surface area contributed by atoms with E-state index < -0.39 is 21.2 Å². The van der Waals surface area contributed by atoms with Gasteiger partial charge in [-0.1, -0.05) is 62.4 Å². The Balaban J connectivity index is 1.83. The Morgan fingerprint density at radius 3 is 2.19 bits per heavy atom. The van der Waals surface area contributed by atoms with E-state index in [0.717, 1.165) is 33.3 Å². The highest BCUT2D eigenvalue weighted by atomic mass is 32.2. The molecule has 0 atom stereocenters. The van der Waals surface area contributed by atoms with E-state index >= 15 is 0 Å². The molecule has 5 rings (SSSR count). The van der Waals surface area contributed by atoms with Crippen LogP contribution in [0, 0.1) is 5.82 Å². The molecule has 0 spiro atoms. The molecule has 0 amide bonds. The summed E-state index contributed by atoms with van der Waals surface area (Å²) in [4.78, 5) is 11.6. The van der Waals surface area contributed by atoms with Gasteiger partial charge in [0, 0.05) is 28.6 Å². The van der Waals surface area contributed by atoms with Crippen LogP contribution in [-0.2, 0) is 21.9 Å². The number of fused-ring (bicyclic) bond motifs is 1. The van der Waals surface area contributed by atoms with Gasteiger partial charge < -0.3 is 14.4 Å². The van der Waals surface area contributed by atoms with Crippen molar-refractivity contribution in [3.05, 3.63) is 120 Å². The van der Waals surface area contributed by atoms with Crippen LogP contribution in [-0.4, -0.2) is 36.1 Å². The molecule has 0 radical (unpaired) electrons. The van der Waals surface area contributed by atoms with Gasteiger partial charge in [-0.25, -0.2) is 17.6 Å². The van der Waals surface area contributed by atoms with Crippen molar-refractivity contribution in [3.8, 4) is 22.6 Å². The molecular weight excluding hydrogens is 553 g/mol. The topological polar surface area (TPSA) is 85.6 Å². The smallest absolute Gasteiger partial charge is 0.335 e. The van der Waals surface area contributed by atoms with E-state index in [1.165, 1.54) is 18.4 Å². The minimum Gasteiger partial charge on any atom is -0.488 e. The van der Waals surface area contributed by atoms with Gasteiger partial charge in [0.05, 0.1) is 22.2 Å². The fraction of sp³-hybridized carbons (Fsp3) is 0.206. The van der Waals surface area contributed by atoms with E-state index in [4.69, 9.17) is 4.74 Å². The average Bonchev–Trinajstić information content (AvgIpc) is 3.32. The van der Waals surface area contributed by atoms with Crippen LogP contribution in [0.1, 0.15) is 41.9 Å². The number of rotatable bonds is 10. The van der Waals surface area contributed by atoms with E-state index in [1.807, 2.05) is 66.9 Å². The fourth-order valence-corrected chi connectivity index (χ4v) is 6.16.